The Morgan fingerprint density at radius 3 is 2.50 bits per heavy atom. The highest BCUT2D eigenvalue weighted by molar-refractivity contribution is 5.32. The van der Waals surface area contributed by atoms with E-state index in [1.54, 1.807) is 6.92 Å². The first-order valence-electron chi connectivity index (χ1n) is 5.96. The fraction of sp³-hybridized carbons (Fsp3) is 0.615. The predicted octanol–water partition coefficient (Wildman–Crippen LogP) is 2.61. The van der Waals surface area contributed by atoms with Crippen LogP contribution < -0.4 is 5.56 Å². The average Bonchev–Trinajstić information content (AvgIpc) is 2.26. The van der Waals surface area contributed by atoms with Gasteiger partial charge in [-0.2, -0.15) is 0 Å². The topological polar surface area (TPSA) is 53.1 Å². The van der Waals surface area contributed by atoms with E-state index in [1.807, 2.05) is 6.07 Å². The lowest BCUT2D eigenvalue weighted by Gasteiger charge is -2.33. The van der Waals surface area contributed by atoms with E-state index >= 15 is 0 Å². The van der Waals surface area contributed by atoms with Gasteiger partial charge in [0.1, 0.15) is 0 Å². The van der Waals surface area contributed by atoms with Crippen molar-refractivity contribution in [1.29, 1.82) is 0 Å². The minimum Gasteiger partial charge on any atom is -0.503 e. The van der Waals surface area contributed by atoms with E-state index in [-0.39, 0.29) is 16.7 Å². The molecular formula is C13H19NO2. The van der Waals surface area contributed by atoms with Gasteiger partial charge in [0.15, 0.2) is 5.75 Å². The van der Waals surface area contributed by atoms with Crippen LogP contribution in [-0.2, 0) is 5.41 Å². The average molecular weight is 221 g/mol. The van der Waals surface area contributed by atoms with E-state index in [0.29, 0.717) is 5.56 Å². The highest BCUT2D eigenvalue weighted by Gasteiger charge is 2.30. The molecule has 1 fully saturated rings. The molecule has 1 saturated carbocycles. The second-order valence-corrected chi connectivity index (χ2v) is 5.17. The van der Waals surface area contributed by atoms with E-state index in [1.165, 1.54) is 19.3 Å². The molecule has 0 aromatic carbocycles. The standard InChI is InChI=1S/C13H19NO2/c1-9-8-10(14-12(16)11(9)15)13(2)6-4-3-5-7-13/h8,15H,3-7H2,1-2H3,(H,14,16). The van der Waals surface area contributed by atoms with Gasteiger partial charge in [-0.25, -0.2) is 0 Å². The molecular weight excluding hydrogens is 202 g/mol. The second kappa shape index (κ2) is 3.96. The van der Waals surface area contributed by atoms with Crippen molar-refractivity contribution in [3.05, 3.63) is 27.7 Å². The smallest absolute Gasteiger partial charge is 0.290 e. The van der Waals surface area contributed by atoms with Crippen molar-refractivity contribution in [1.82, 2.24) is 4.98 Å². The Labute approximate surface area is 95.5 Å². The van der Waals surface area contributed by atoms with Crippen molar-refractivity contribution in [2.45, 2.75) is 51.4 Å². The predicted molar refractivity (Wildman–Crippen MR) is 63.9 cm³/mol. The van der Waals surface area contributed by atoms with Gasteiger partial charge in [0.05, 0.1) is 0 Å². The summed E-state index contributed by atoms with van der Waals surface area (Å²) < 4.78 is 0. The molecule has 0 bridgehead atoms. The van der Waals surface area contributed by atoms with Gasteiger partial charge in [-0.3, -0.25) is 4.79 Å². The lowest BCUT2D eigenvalue weighted by Crippen LogP contribution is -2.28. The molecule has 88 valence electrons. The number of nitrogens with one attached hydrogen (secondary N) is 1. The largest absolute Gasteiger partial charge is 0.503 e. The molecule has 2 N–H and O–H groups in total. The lowest BCUT2D eigenvalue weighted by atomic mass is 9.73. The first kappa shape index (κ1) is 11.2. The molecule has 0 radical (unpaired) electrons. The molecule has 1 aromatic heterocycles. The molecule has 1 aliphatic rings. The van der Waals surface area contributed by atoms with Gasteiger partial charge in [-0.15, -0.1) is 0 Å². The van der Waals surface area contributed by atoms with Crippen LogP contribution in [0, 0.1) is 6.92 Å². The maximum absolute atomic E-state index is 11.5. The molecule has 1 aliphatic carbocycles. The zero-order valence-corrected chi connectivity index (χ0v) is 9.97. The fourth-order valence-corrected chi connectivity index (χ4v) is 2.61. The third-order valence-electron chi connectivity index (χ3n) is 3.80. The van der Waals surface area contributed by atoms with Crippen LogP contribution in [0.25, 0.3) is 0 Å². The van der Waals surface area contributed by atoms with Gasteiger partial charge < -0.3 is 10.1 Å². The van der Waals surface area contributed by atoms with Crippen LogP contribution in [0.2, 0.25) is 0 Å². The number of rotatable bonds is 1. The Balaban J connectivity index is 2.43. The summed E-state index contributed by atoms with van der Waals surface area (Å²) in [7, 11) is 0. The van der Waals surface area contributed by atoms with Gasteiger partial charge in [0.2, 0.25) is 0 Å². The van der Waals surface area contributed by atoms with E-state index in [4.69, 9.17) is 0 Å². The van der Waals surface area contributed by atoms with Crippen molar-refractivity contribution < 1.29 is 5.11 Å². The number of hydrogen-bond donors (Lipinski definition) is 2. The summed E-state index contributed by atoms with van der Waals surface area (Å²) in [4.78, 5) is 14.4. The second-order valence-electron chi connectivity index (χ2n) is 5.17. The van der Waals surface area contributed by atoms with Gasteiger partial charge in [-0.1, -0.05) is 26.2 Å². The number of hydrogen-bond acceptors (Lipinski definition) is 2. The van der Waals surface area contributed by atoms with Gasteiger partial charge in [-0.05, 0) is 31.4 Å². The molecule has 3 nitrogen and oxygen atoms in total. The molecule has 1 aromatic rings. The monoisotopic (exact) mass is 221 g/mol. The van der Waals surface area contributed by atoms with Gasteiger partial charge >= 0.3 is 0 Å². The zero-order chi connectivity index (χ0) is 11.8. The third-order valence-corrected chi connectivity index (χ3v) is 3.80. The quantitative estimate of drug-likeness (QED) is 0.766. The Kier molecular flexibility index (Phi) is 2.78. The number of aromatic nitrogens is 1. The summed E-state index contributed by atoms with van der Waals surface area (Å²) >= 11 is 0. The molecule has 1 heterocycles. The van der Waals surface area contributed by atoms with Crippen LogP contribution in [0.5, 0.6) is 5.75 Å². The molecule has 3 heteroatoms. The van der Waals surface area contributed by atoms with E-state index in [9.17, 15) is 9.90 Å². The van der Waals surface area contributed by atoms with Crippen LogP contribution in [0.4, 0.5) is 0 Å². The number of H-pyrrole nitrogens is 1. The normalized spacial score (nSPS) is 19.6. The summed E-state index contributed by atoms with van der Waals surface area (Å²) in [5.41, 5.74) is 1.37. The Bertz CT molecular complexity index is 442. The minimum absolute atomic E-state index is 0.0792. The SMILES string of the molecule is Cc1cc(C2(C)CCCCC2)[nH]c(=O)c1O. The van der Waals surface area contributed by atoms with Crippen molar-refractivity contribution in [3.63, 3.8) is 0 Å². The van der Waals surface area contributed by atoms with Crippen LogP contribution in [-0.4, -0.2) is 10.1 Å². The highest BCUT2D eigenvalue weighted by atomic mass is 16.3. The van der Waals surface area contributed by atoms with Crippen LogP contribution in [0.3, 0.4) is 0 Å². The summed E-state index contributed by atoms with van der Waals surface area (Å²) in [5, 5.41) is 9.47. The zero-order valence-electron chi connectivity index (χ0n) is 9.97. The highest BCUT2D eigenvalue weighted by Crippen LogP contribution is 2.38. The Morgan fingerprint density at radius 2 is 1.94 bits per heavy atom. The van der Waals surface area contributed by atoms with E-state index in [2.05, 4.69) is 11.9 Å². The number of aromatic amines is 1. The summed E-state index contributed by atoms with van der Waals surface area (Å²) in [6.07, 6.45) is 5.97. The third kappa shape index (κ3) is 1.86. The van der Waals surface area contributed by atoms with Crippen molar-refractivity contribution >= 4 is 0 Å². The summed E-state index contributed by atoms with van der Waals surface area (Å²) in [6, 6.07) is 1.92. The molecule has 2 rings (SSSR count). The summed E-state index contributed by atoms with van der Waals surface area (Å²) in [6.45, 7) is 3.98. The number of aromatic hydroxyl groups is 1. The first-order chi connectivity index (χ1) is 7.53. The molecule has 0 aliphatic heterocycles. The minimum atomic E-state index is -0.359. The first-order valence-corrected chi connectivity index (χ1v) is 5.96. The fourth-order valence-electron chi connectivity index (χ4n) is 2.61. The molecule has 16 heavy (non-hydrogen) atoms. The molecule has 0 saturated heterocycles. The van der Waals surface area contributed by atoms with Crippen LogP contribution in [0.15, 0.2) is 10.9 Å². The van der Waals surface area contributed by atoms with Crippen LogP contribution >= 0.6 is 0 Å². The Morgan fingerprint density at radius 1 is 1.31 bits per heavy atom. The number of aryl methyl sites for hydroxylation is 1. The molecule has 0 atom stereocenters. The molecule has 0 amide bonds. The van der Waals surface area contributed by atoms with Crippen LogP contribution in [0.1, 0.15) is 50.3 Å². The molecule has 0 unspecified atom stereocenters. The maximum Gasteiger partial charge on any atom is 0.290 e. The Hall–Kier alpha value is -1.25. The van der Waals surface area contributed by atoms with Crippen molar-refractivity contribution in [2.24, 2.45) is 0 Å². The summed E-state index contributed by atoms with van der Waals surface area (Å²) in [5.74, 6) is -0.150. The number of pyridine rings is 1. The maximum atomic E-state index is 11.5. The van der Waals surface area contributed by atoms with E-state index in [0.717, 1.165) is 18.5 Å². The van der Waals surface area contributed by atoms with Crippen molar-refractivity contribution in [3.8, 4) is 5.75 Å². The van der Waals surface area contributed by atoms with Gasteiger partial charge in [0, 0.05) is 11.1 Å². The van der Waals surface area contributed by atoms with Crippen molar-refractivity contribution in [2.75, 3.05) is 0 Å². The molecule has 0 spiro atoms. The van der Waals surface area contributed by atoms with Gasteiger partial charge in [0.25, 0.3) is 5.56 Å². The lowest BCUT2D eigenvalue weighted by molar-refractivity contribution is 0.310. The van der Waals surface area contributed by atoms with E-state index < -0.39 is 0 Å².